The number of alkyl halides is 2. The van der Waals surface area contributed by atoms with Gasteiger partial charge in [-0.2, -0.15) is 8.78 Å². The van der Waals surface area contributed by atoms with Gasteiger partial charge in [-0.05, 0) is 43.4 Å². The lowest BCUT2D eigenvalue weighted by Gasteiger charge is -2.22. The first-order chi connectivity index (χ1) is 10.8. The molecule has 2 amide bonds. The third-order valence-electron chi connectivity index (χ3n) is 3.46. The van der Waals surface area contributed by atoms with Crippen LogP contribution in [0.5, 0.6) is 5.75 Å². The van der Waals surface area contributed by atoms with E-state index in [4.69, 9.17) is 0 Å². The van der Waals surface area contributed by atoms with Gasteiger partial charge in [0.05, 0.1) is 0 Å². The summed E-state index contributed by atoms with van der Waals surface area (Å²) in [5.41, 5.74) is 0.846. The third-order valence-corrected chi connectivity index (χ3v) is 3.46. The molecule has 0 aromatic heterocycles. The molecule has 6 heteroatoms. The number of benzene rings is 1. The number of hydrogen-bond acceptors (Lipinski definition) is 2. The molecule has 4 nitrogen and oxygen atoms in total. The highest BCUT2D eigenvalue weighted by Crippen LogP contribution is 2.16. The summed E-state index contributed by atoms with van der Waals surface area (Å²) in [6.07, 6.45) is 2.01. The lowest BCUT2D eigenvalue weighted by molar-refractivity contribution is -0.0498. The Balaban J connectivity index is 2.45. The summed E-state index contributed by atoms with van der Waals surface area (Å²) >= 11 is 0. The first-order valence-corrected chi connectivity index (χ1v) is 7.83. The van der Waals surface area contributed by atoms with Crippen LogP contribution in [0, 0.1) is 5.92 Å². The Hall–Kier alpha value is -1.85. The van der Waals surface area contributed by atoms with E-state index in [1.54, 1.807) is 24.1 Å². The average molecular weight is 328 g/mol. The number of carbonyl (C=O) groups is 1. The lowest BCUT2D eigenvalue weighted by Crippen LogP contribution is -2.41. The van der Waals surface area contributed by atoms with Gasteiger partial charge in [0.15, 0.2) is 0 Å². The van der Waals surface area contributed by atoms with Gasteiger partial charge in [-0.25, -0.2) is 4.79 Å². The van der Waals surface area contributed by atoms with Crippen LogP contribution in [0.3, 0.4) is 0 Å². The van der Waals surface area contributed by atoms with Crippen molar-refractivity contribution in [2.24, 2.45) is 5.92 Å². The van der Waals surface area contributed by atoms with Crippen LogP contribution in [-0.2, 0) is 6.54 Å². The van der Waals surface area contributed by atoms with Crippen LogP contribution in [0.2, 0.25) is 0 Å². The first kappa shape index (κ1) is 19.2. The fraction of sp³-hybridized carbons (Fsp3) is 0.588. The molecule has 1 aromatic rings. The van der Waals surface area contributed by atoms with Gasteiger partial charge >= 0.3 is 12.6 Å². The van der Waals surface area contributed by atoms with Crippen molar-refractivity contribution in [1.82, 2.24) is 10.2 Å². The van der Waals surface area contributed by atoms with E-state index >= 15 is 0 Å². The fourth-order valence-corrected chi connectivity index (χ4v) is 2.10. The van der Waals surface area contributed by atoms with Crippen molar-refractivity contribution in [3.05, 3.63) is 29.8 Å². The Morgan fingerprint density at radius 3 is 2.30 bits per heavy atom. The second-order valence-electron chi connectivity index (χ2n) is 6.20. The minimum Gasteiger partial charge on any atom is -0.435 e. The number of hydrogen-bond donors (Lipinski definition) is 1. The Kier molecular flexibility index (Phi) is 7.78. The molecule has 23 heavy (non-hydrogen) atoms. The number of nitrogens with one attached hydrogen (secondary N) is 1. The molecule has 0 saturated heterocycles. The van der Waals surface area contributed by atoms with Gasteiger partial charge in [0.1, 0.15) is 5.75 Å². The van der Waals surface area contributed by atoms with Gasteiger partial charge in [-0.1, -0.05) is 26.0 Å². The van der Waals surface area contributed by atoms with Crippen molar-refractivity contribution in [1.29, 1.82) is 0 Å². The zero-order valence-corrected chi connectivity index (χ0v) is 14.2. The number of halogens is 2. The van der Waals surface area contributed by atoms with Crippen LogP contribution >= 0.6 is 0 Å². The maximum absolute atomic E-state index is 12.1. The molecule has 1 aromatic carbocycles. The van der Waals surface area contributed by atoms with Crippen LogP contribution in [0.4, 0.5) is 13.6 Å². The standard InChI is InChI=1S/C17H26F2N2O2/c1-12(2)5-6-13(3)20-17(22)21(4)11-14-7-9-15(10-8-14)23-16(18)19/h7-10,12-13,16H,5-6,11H2,1-4H3,(H,20,22). The van der Waals surface area contributed by atoms with Crippen molar-refractivity contribution in [2.75, 3.05) is 7.05 Å². The highest BCUT2D eigenvalue weighted by Gasteiger charge is 2.13. The van der Waals surface area contributed by atoms with E-state index in [1.165, 1.54) is 12.1 Å². The molecule has 0 heterocycles. The monoisotopic (exact) mass is 328 g/mol. The van der Waals surface area contributed by atoms with Gasteiger partial charge in [-0.3, -0.25) is 0 Å². The predicted molar refractivity (Wildman–Crippen MR) is 86.6 cm³/mol. The second-order valence-corrected chi connectivity index (χ2v) is 6.20. The minimum atomic E-state index is -2.83. The zero-order valence-electron chi connectivity index (χ0n) is 14.2. The summed E-state index contributed by atoms with van der Waals surface area (Å²) < 4.78 is 28.5. The van der Waals surface area contributed by atoms with E-state index in [9.17, 15) is 13.6 Å². The molecule has 0 saturated carbocycles. The van der Waals surface area contributed by atoms with Crippen molar-refractivity contribution in [3.8, 4) is 5.75 Å². The molecule has 0 bridgehead atoms. The molecular weight excluding hydrogens is 302 g/mol. The van der Waals surface area contributed by atoms with E-state index in [2.05, 4.69) is 23.9 Å². The number of rotatable bonds is 8. The summed E-state index contributed by atoms with van der Waals surface area (Å²) in [6.45, 7) is 3.87. The van der Waals surface area contributed by atoms with Crippen LogP contribution in [0.15, 0.2) is 24.3 Å². The topological polar surface area (TPSA) is 41.6 Å². The maximum atomic E-state index is 12.1. The third kappa shape index (κ3) is 7.81. The van der Waals surface area contributed by atoms with E-state index in [0.29, 0.717) is 12.5 Å². The molecule has 0 aliphatic carbocycles. The summed E-state index contributed by atoms with van der Waals surface area (Å²) in [5, 5.41) is 2.96. The molecule has 0 aliphatic heterocycles. The minimum absolute atomic E-state index is 0.109. The largest absolute Gasteiger partial charge is 0.435 e. The molecule has 0 fully saturated rings. The molecular formula is C17H26F2N2O2. The fourth-order valence-electron chi connectivity index (χ4n) is 2.10. The summed E-state index contributed by atoms with van der Waals surface area (Å²) in [4.78, 5) is 13.7. The van der Waals surface area contributed by atoms with Crippen LogP contribution in [0.1, 0.15) is 39.2 Å². The van der Waals surface area contributed by atoms with E-state index in [1.807, 2.05) is 6.92 Å². The Labute approximate surface area is 136 Å². The quantitative estimate of drug-likeness (QED) is 0.775. The second kappa shape index (κ2) is 9.33. The molecule has 1 rings (SSSR count). The molecule has 1 unspecified atom stereocenters. The van der Waals surface area contributed by atoms with Gasteiger partial charge in [0, 0.05) is 19.6 Å². The summed E-state index contributed by atoms with van der Waals surface area (Å²) in [6, 6.07) is 6.26. The molecule has 1 N–H and O–H groups in total. The maximum Gasteiger partial charge on any atom is 0.387 e. The molecule has 0 aliphatic rings. The van der Waals surface area contributed by atoms with Gasteiger partial charge in [0.2, 0.25) is 0 Å². The number of amides is 2. The summed E-state index contributed by atoms with van der Waals surface area (Å²) in [7, 11) is 1.70. The number of nitrogens with zero attached hydrogens (tertiary/aromatic N) is 1. The molecule has 1 atom stereocenters. The smallest absolute Gasteiger partial charge is 0.387 e. The van der Waals surface area contributed by atoms with Crippen molar-refractivity contribution in [3.63, 3.8) is 0 Å². The normalized spacial score (nSPS) is 12.3. The summed E-state index contributed by atoms with van der Waals surface area (Å²) in [5.74, 6) is 0.721. The van der Waals surface area contributed by atoms with E-state index in [0.717, 1.165) is 18.4 Å². The molecule has 130 valence electrons. The number of carbonyl (C=O) groups excluding carboxylic acids is 1. The highest BCUT2D eigenvalue weighted by atomic mass is 19.3. The van der Waals surface area contributed by atoms with Crippen LogP contribution in [0.25, 0.3) is 0 Å². The number of urea groups is 1. The predicted octanol–water partition coefficient (Wildman–Crippen LogP) is 4.25. The number of ether oxygens (including phenoxy) is 1. The highest BCUT2D eigenvalue weighted by molar-refractivity contribution is 5.74. The Morgan fingerprint density at radius 1 is 1.17 bits per heavy atom. The zero-order chi connectivity index (χ0) is 17.4. The van der Waals surface area contributed by atoms with Gasteiger partial charge < -0.3 is 15.0 Å². The average Bonchev–Trinajstić information content (AvgIpc) is 2.46. The Morgan fingerprint density at radius 2 is 1.78 bits per heavy atom. The van der Waals surface area contributed by atoms with Crippen LogP contribution < -0.4 is 10.1 Å². The van der Waals surface area contributed by atoms with E-state index < -0.39 is 6.61 Å². The van der Waals surface area contributed by atoms with Crippen molar-refractivity contribution in [2.45, 2.75) is 52.8 Å². The van der Waals surface area contributed by atoms with Crippen molar-refractivity contribution < 1.29 is 18.3 Å². The SMILES string of the molecule is CC(C)CCC(C)NC(=O)N(C)Cc1ccc(OC(F)F)cc1. The van der Waals surface area contributed by atoms with Crippen molar-refractivity contribution >= 4 is 6.03 Å². The first-order valence-electron chi connectivity index (χ1n) is 7.83. The van der Waals surface area contributed by atoms with Gasteiger partial charge in [-0.15, -0.1) is 0 Å². The molecule has 0 spiro atoms. The lowest BCUT2D eigenvalue weighted by atomic mass is 10.0. The Bertz CT molecular complexity index is 478. The van der Waals surface area contributed by atoms with Crippen LogP contribution in [-0.4, -0.2) is 30.6 Å². The van der Waals surface area contributed by atoms with E-state index in [-0.39, 0.29) is 17.8 Å². The molecule has 0 radical (unpaired) electrons. The van der Waals surface area contributed by atoms with Gasteiger partial charge in [0.25, 0.3) is 0 Å².